The average molecular weight is 321 g/mol. The lowest BCUT2D eigenvalue weighted by atomic mass is 10.3. The third-order valence-electron chi connectivity index (χ3n) is 1.87. The number of carbonyl (C=O) groups is 1. The highest BCUT2D eigenvalue weighted by Gasteiger charge is 2.12. The number of esters is 1. The van der Waals surface area contributed by atoms with Gasteiger partial charge in [0.15, 0.2) is 0 Å². The molecule has 0 aliphatic rings. The molecule has 0 spiro atoms. The predicted octanol–water partition coefficient (Wildman–Crippen LogP) is 3.50. The van der Waals surface area contributed by atoms with E-state index in [1.807, 2.05) is 0 Å². The van der Waals surface area contributed by atoms with Gasteiger partial charge in [0.05, 0.1) is 27.4 Å². The van der Waals surface area contributed by atoms with Crippen LogP contribution in [-0.4, -0.2) is 18.3 Å². The number of hydrogen-bond donors (Lipinski definition) is 1. The molecular formula is C11H8Cl3N3O2. The Hall–Kier alpha value is -1.48. The zero-order chi connectivity index (χ0) is 14.4. The predicted molar refractivity (Wildman–Crippen MR) is 74.8 cm³/mol. The normalized spacial score (nSPS) is 10.8. The minimum Gasteiger partial charge on any atom is -0.461 e. The molecule has 19 heavy (non-hydrogen) atoms. The van der Waals surface area contributed by atoms with Gasteiger partial charge < -0.3 is 4.74 Å². The Morgan fingerprint density at radius 2 is 2.00 bits per heavy atom. The Kier molecular flexibility index (Phi) is 5.90. The largest absolute Gasteiger partial charge is 0.461 e. The Labute approximate surface area is 124 Å². The summed E-state index contributed by atoms with van der Waals surface area (Å²) < 4.78 is 4.64. The molecule has 0 heterocycles. The number of nitrogens with zero attached hydrogens (tertiary/aromatic N) is 2. The molecule has 1 rings (SSSR count). The van der Waals surface area contributed by atoms with E-state index in [0.29, 0.717) is 5.69 Å². The summed E-state index contributed by atoms with van der Waals surface area (Å²) in [5.74, 6) is -0.825. The fourth-order valence-corrected chi connectivity index (χ4v) is 1.63. The van der Waals surface area contributed by atoms with E-state index in [-0.39, 0.29) is 21.7 Å². The molecular weight excluding hydrogens is 312 g/mol. The van der Waals surface area contributed by atoms with Gasteiger partial charge in [-0.15, -0.1) is 0 Å². The number of anilines is 1. The zero-order valence-electron chi connectivity index (χ0n) is 9.71. The molecule has 100 valence electrons. The summed E-state index contributed by atoms with van der Waals surface area (Å²) in [5.41, 5.74) is 2.35. The van der Waals surface area contributed by atoms with Crippen LogP contribution in [0.2, 0.25) is 15.1 Å². The maximum Gasteiger partial charge on any atom is 0.369 e. The lowest BCUT2D eigenvalue weighted by molar-refractivity contribution is -0.134. The maximum absolute atomic E-state index is 11.3. The quantitative estimate of drug-likeness (QED) is 0.399. The molecule has 1 aromatic carbocycles. The summed E-state index contributed by atoms with van der Waals surface area (Å²) in [6.07, 6.45) is 0. The first-order valence-electron chi connectivity index (χ1n) is 5.05. The first-order valence-corrected chi connectivity index (χ1v) is 6.18. The van der Waals surface area contributed by atoms with Crippen molar-refractivity contribution in [3.63, 3.8) is 0 Å². The highest BCUT2D eigenvalue weighted by atomic mass is 35.5. The number of rotatable bonds is 4. The van der Waals surface area contributed by atoms with E-state index in [1.165, 1.54) is 12.1 Å². The number of hydrazone groups is 1. The van der Waals surface area contributed by atoms with Crippen LogP contribution in [0.25, 0.3) is 0 Å². The number of ether oxygens (including phenoxy) is 1. The van der Waals surface area contributed by atoms with Gasteiger partial charge in [-0.3, -0.25) is 5.43 Å². The molecule has 0 unspecified atom stereocenters. The Bertz CT molecular complexity index is 567. The SMILES string of the molecule is CCOC(=O)/C(C#N)=N\Nc1cc(Cl)c(Cl)cc1Cl. The standard InChI is InChI=1S/C11H8Cl3N3O2/c1-2-19-11(18)10(5-15)17-16-9-4-7(13)6(12)3-8(9)14/h3-4,16H,2H2,1H3/b17-10-. The molecule has 8 heteroatoms. The summed E-state index contributed by atoms with van der Waals surface area (Å²) in [6, 6.07) is 4.46. The second-order valence-corrected chi connectivity index (χ2v) is 4.37. The van der Waals surface area contributed by atoms with E-state index >= 15 is 0 Å². The molecule has 0 atom stereocenters. The van der Waals surface area contributed by atoms with Crippen LogP contribution < -0.4 is 5.43 Å². The lowest BCUT2D eigenvalue weighted by Crippen LogP contribution is -2.17. The summed E-state index contributed by atoms with van der Waals surface area (Å²) in [7, 11) is 0. The number of hydrogen-bond acceptors (Lipinski definition) is 5. The van der Waals surface area contributed by atoms with Crippen LogP contribution in [-0.2, 0) is 9.53 Å². The van der Waals surface area contributed by atoms with Crippen LogP contribution in [0.5, 0.6) is 0 Å². The number of nitrogens with one attached hydrogen (secondary N) is 1. The van der Waals surface area contributed by atoms with E-state index in [0.717, 1.165) is 0 Å². The van der Waals surface area contributed by atoms with Crippen molar-refractivity contribution in [1.29, 1.82) is 5.26 Å². The van der Waals surface area contributed by atoms with Gasteiger partial charge in [0.25, 0.3) is 0 Å². The fraction of sp³-hybridized carbons (Fsp3) is 0.182. The molecule has 1 aromatic rings. The number of halogens is 3. The molecule has 5 nitrogen and oxygen atoms in total. The third kappa shape index (κ3) is 4.28. The van der Waals surface area contributed by atoms with Crippen molar-refractivity contribution >= 4 is 52.2 Å². The van der Waals surface area contributed by atoms with Crippen LogP contribution in [0.1, 0.15) is 6.92 Å². The fourth-order valence-electron chi connectivity index (χ4n) is 1.04. The van der Waals surface area contributed by atoms with Crippen LogP contribution in [0, 0.1) is 11.3 Å². The van der Waals surface area contributed by atoms with Gasteiger partial charge >= 0.3 is 5.97 Å². The second-order valence-electron chi connectivity index (χ2n) is 3.15. The van der Waals surface area contributed by atoms with Crippen LogP contribution in [0.3, 0.4) is 0 Å². The molecule has 0 radical (unpaired) electrons. The minimum absolute atomic E-state index is 0.146. The molecule has 0 aliphatic heterocycles. The van der Waals surface area contributed by atoms with Gasteiger partial charge in [0, 0.05) is 0 Å². The highest BCUT2D eigenvalue weighted by molar-refractivity contribution is 6.44. The van der Waals surface area contributed by atoms with Crippen LogP contribution in [0.4, 0.5) is 5.69 Å². The Morgan fingerprint density at radius 1 is 1.37 bits per heavy atom. The van der Waals surface area contributed by atoms with Crippen molar-refractivity contribution in [2.45, 2.75) is 6.92 Å². The Morgan fingerprint density at radius 3 is 2.58 bits per heavy atom. The maximum atomic E-state index is 11.3. The monoisotopic (exact) mass is 319 g/mol. The van der Waals surface area contributed by atoms with Crippen molar-refractivity contribution in [2.24, 2.45) is 5.10 Å². The summed E-state index contributed by atoms with van der Waals surface area (Å²) >= 11 is 17.5. The van der Waals surface area contributed by atoms with Gasteiger partial charge in [-0.2, -0.15) is 10.4 Å². The first kappa shape index (κ1) is 15.6. The molecule has 0 aliphatic carbocycles. The highest BCUT2D eigenvalue weighted by Crippen LogP contribution is 2.32. The first-order chi connectivity index (χ1) is 8.99. The van der Waals surface area contributed by atoms with Crippen molar-refractivity contribution in [1.82, 2.24) is 0 Å². The minimum atomic E-state index is -0.825. The molecule has 0 amide bonds. The zero-order valence-corrected chi connectivity index (χ0v) is 12.0. The van der Waals surface area contributed by atoms with Crippen LogP contribution >= 0.6 is 34.8 Å². The van der Waals surface area contributed by atoms with E-state index in [2.05, 4.69) is 15.3 Å². The van der Waals surface area contributed by atoms with Crippen LogP contribution in [0.15, 0.2) is 17.2 Å². The lowest BCUT2D eigenvalue weighted by Gasteiger charge is -2.06. The summed E-state index contributed by atoms with van der Waals surface area (Å²) in [6.45, 7) is 1.77. The van der Waals surface area contributed by atoms with Crippen molar-refractivity contribution < 1.29 is 9.53 Å². The number of carbonyl (C=O) groups excluding carboxylic acids is 1. The van der Waals surface area contributed by atoms with Crippen molar-refractivity contribution in [3.8, 4) is 6.07 Å². The molecule has 0 fully saturated rings. The van der Waals surface area contributed by atoms with Gasteiger partial charge in [-0.05, 0) is 19.1 Å². The molecule has 0 saturated carbocycles. The third-order valence-corrected chi connectivity index (χ3v) is 2.91. The van der Waals surface area contributed by atoms with Crippen molar-refractivity contribution in [3.05, 3.63) is 27.2 Å². The summed E-state index contributed by atoms with van der Waals surface area (Å²) in [4.78, 5) is 11.3. The van der Waals surface area contributed by atoms with Gasteiger partial charge in [-0.1, -0.05) is 34.8 Å². The number of nitriles is 1. The average Bonchev–Trinajstić information content (AvgIpc) is 2.36. The van der Waals surface area contributed by atoms with Crippen molar-refractivity contribution in [2.75, 3.05) is 12.0 Å². The molecule has 0 saturated heterocycles. The topological polar surface area (TPSA) is 74.5 Å². The van der Waals surface area contributed by atoms with E-state index in [1.54, 1.807) is 13.0 Å². The van der Waals surface area contributed by atoms with E-state index in [9.17, 15) is 4.79 Å². The van der Waals surface area contributed by atoms with Gasteiger partial charge in [-0.25, -0.2) is 4.79 Å². The van der Waals surface area contributed by atoms with Gasteiger partial charge in [0.1, 0.15) is 6.07 Å². The summed E-state index contributed by atoms with van der Waals surface area (Å²) in [5, 5.41) is 13.2. The smallest absolute Gasteiger partial charge is 0.369 e. The Balaban J connectivity index is 2.94. The molecule has 0 bridgehead atoms. The second kappa shape index (κ2) is 7.19. The van der Waals surface area contributed by atoms with Gasteiger partial charge in [0.2, 0.25) is 5.71 Å². The van der Waals surface area contributed by atoms with E-state index < -0.39 is 11.7 Å². The molecule has 1 N–H and O–H groups in total. The van der Waals surface area contributed by atoms with E-state index in [4.69, 9.17) is 40.1 Å². The molecule has 0 aromatic heterocycles. The number of benzene rings is 1.